The highest BCUT2D eigenvalue weighted by molar-refractivity contribution is 5.78. The van der Waals surface area contributed by atoms with Crippen LogP contribution in [0.25, 0.3) is 11.0 Å². The Bertz CT molecular complexity index is 602. The van der Waals surface area contributed by atoms with Gasteiger partial charge in [0.1, 0.15) is 12.2 Å². The molecule has 1 aromatic heterocycles. The lowest BCUT2D eigenvalue weighted by atomic mass is 10.2. The number of rotatable bonds is 7. The van der Waals surface area contributed by atoms with E-state index in [1.165, 1.54) is 19.3 Å². The van der Waals surface area contributed by atoms with Crippen molar-refractivity contribution in [1.82, 2.24) is 9.55 Å². The number of hydrogen-bond donors (Lipinski definition) is 1. The molecule has 1 N–H and O–H groups in total. The molecule has 1 aromatic carbocycles. The summed E-state index contributed by atoms with van der Waals surface area (Å²) in [5.41, 5.74) is 3.09. The molecule has 0 saturated heterocycles. The first-order valence-electron chi connectivity index (χ1n) is 7.29. The van der Waals surface area contributed by atoms with Crippen LogP contribution in [0.5, 0.6) is 0 Å². The van der Waals surface area contributed by atoms with Gasteiger partial charge in [0.05, 0.1) is 11.0 Å². The van der Waals surface area contributed by atoms with E-state index in [2.05, 4.69) is 22.5 Å². The van der Waals surface area contributed by atoms with Gasteiger partial charge in [-0.05, 0) is 31.0 Å². The average Bonchev–Trinajstić information content (AvgIpc) is 2.70. The van der Waals surface area contributed by atoms with Crippen LogP contribution in [0.3, 0.4) is 0 Å². The quantitative estimate of drug-likeness (QED) is 0.785. The highest BCUT2D eigenvalue weighted by Gasteiger charge is 2.13. The first-order valence-corrected chi connectivity index (χ1v) is 7.29. The maximum Gasteiger partial charge on any atom is 0.311 e. The van der Waals surface area contributed by atoms with Crippen LogP contribution in [0.1, 0.15) is 44.0 Å². The molecule has 20 heavy (non-hydrogen) atoms. The summed E-state index contributed by atoms with van der Waals surface area (Å²) in [4.78, 5) is 15.5. The van der Waals surface area contributed by atoms with Crippen molar-refractivity contribution in [3.8, 4) is 0 Å². The summed E-state index contributed by atoms with van der Waals surface area (Å²) in [5, 5.41) is 9.03. The number of nitrogens with zero attached hydrogens (tertiary/aromatic N) is 2. The van der Waals surface area contributed by atoms with Gasteiger partial charge < -0.3 is 9.67 Å². The SMILES string of the molecule is CCCCCCn1c(CC(=O)O)nc2cc(C)ccc21. The molecule has 1 heterocycles. The average molecular weight is 274 g/mol. The molecule has 4 heteroatoms. The lowest BCUT2D eigenvalue weighted by Gasteiger charge is -2.08. The smallest absolute Gasteiger partial charge is 0.311 e. The zero-order chi connectivity index (χ0) is 14.5. The standard InChI is InChI=1S/C16H22N2O2/c1-3-4-5-6-9-18-14-8-7-12(2)10-13(14)17-15(18)11-16(19)20/h7-8,10H,3-6,9,11H2,1-2H3,(H,19,20). The topological polar surface area (TPSA) is 55.1 Å². The zero-order valence-electron chi connectivity index (χ0n) is 12.2. The molecule has 0 radical (unpaired) electrons. The Morgan fingerprint density at radius 2 is 2.10 bits per heavy atom. The summed E-state index contributed by atoms with van der Waals surface area (Å²) in [5.74, 6) is -0.165. The number of imidazole rings is 1. The number of aliphatic carboxylic acids is 1. The Labute approximate surface area is 119 Å². The number of carboxylic acid groups (broad SMARTS) is 1. The van der Waals surface area contributed by atoms with Crippen LogP contribution < -0.4 is 0 Å². The largest absolute Gasteiger partial charge is 0.481 e. The van der Waals surface area contributed by atoms with Gasteiger partial charge in [-0.3, -0.25) is 4.79 Å². The number of aromatic nitrogens is 2. The fourth-order valence-corrected chi connectivity index (χ4v) is 2.51. The number of carboxylic acids is 1. The fraction of sp³-hybridized carbons (Fsp3) is 0.500. The van der Waals surface area contributed by atoms with E-state index in [9.17, 15) is 4.79 Å². The summed E-state index contributed by atoms with van der Waals surface area (Å²) < 4.78 is 2.07. The Morgan fingerprint density at radius 3 is 2.80 bits per heavy atom. The third kappa shape index (κ3) is 3.38. The highest BCUT2D eigenvalue weighted by Crippen LogP contribution is 2.19. The van der Waals surface area contributed by atoms with Gasteiger partial charge in [-0.25, -0.2) is 4.98 Å². The third-order valence-electron chi connectivity index (χ3n) is 3.53. The van der Waals surface area contributed by atoms with Gasteiger partial charge in [-0.1, -0.05) is 32.3 Å². The Morgan fingerprint density at radius 1 is 1.30 bits per heavy atom. The minimum absolute atomic E-state index is 0.0124. The van der Waals surface area contributed by atoms with Crippen LogP contribution >= 0.6 is 0 Å². The van der Waals surface area contributed by atoms with Crippen LogP contribution in [0, 0.1) is 6.92 Å². The summed E-state index contributed by atoms with van der Waals surface area (Å²) in [7, 11) is 0. The van der Waals surface area contributed by atoms with E-state index in [1.54, 1.807) is 0 Å². The maximum absolute atomic E-state index is 11.0. The van der Waals surface area contributed by atoms with Crippen molar-refractivity contribution in [2.24, 2.45) is 0 Å². The number of benzene rings is 1. The van der Waals surface area contributed by atoms with Crippen LogP contribution in [0.2, 0.25) is 0 Å². The lowest BCUT2D eigenvalue weighted by Crippen LogP contribution is -2.09. The van der Waals surface area contributed by atoms with Crippen molar-refractivity contribution in [3.63, 3.8) is 0 Å². The van der Waals surface area contributed by atoms with Crippen molar-refractivity contribution in [2.75, 3.05) is 0 Å². The van der Waals surface area contributed by atoms with E-state index in [-0.39, 0.29) is 6.42 Å². The predicted octanol–water partition coefficient (Wildman–Crippen LogP) is 3.55. The number of aryl methyl sites for hydroxylation is 2. The Kier molecular flexibility index (Phi) is 4.77. The Hall–Kier alpha value is -1.84. The minimum atomic E-state index is -0.827. The van der Waals surface area contributed by atoms with Crippen molar-refractivity contribution in [1.29, 1.82) is 0 Å². The van der Waals surface area contributed by atoms with Crippen molar-refractivity contribution < 1.29 is 9.90 Å². The van der Waals surface area contributed by atoms with Crippen LogP contribution in [0.4, 0.5) is 0 Å². The number of carbonyl (C=O) groups is 1. The summed E-state index contributed by atoms with van der Waals surface area (Å²) in [6, 6.07) is 6.11. The molecular formula is C16H22N2O2. The van der Waals surface area contributed by atoms with Crippen molar-refractivity contribution in [3.05, 3.63) is 29.6 Å². The van der Waals surface area contributed by atoms with E-state index < -0.39 is 5.97 Å². The molecule has 2 rings (SSSR count). The number of unbranched alkanes of at least 4 members (excludes halogenated alkanes) is 3. The molecule has 0 aliphatic carbocycles. The second-order valence-electron chi connectivity index (χ2n) is 5.30. The van der Waals surface area contributed by atoms with Gasteiger partial charge in [0, 0.05) is 6.54 Å². The van der Waals surface area contributed by atoms with Crippen LogP contribution in [-0.2, 0) is 17.8 Å². The van der Waals surface area contributed by atoms with Gasteiger partial charge in [-0.15, -0.1) is 0 Å². The molecule has 0 saturated carbocycles. The molecular weight excluding hydrogens is 252 g/mol. The van der Waals surface area contributed by atoms with E-state index >= 15 is 0 Å². The lowest BCUT2D eigenvalue weighted by molar-refractivity contribution is -0.136. The molecule has 0 aliphatic heterocycles. The van der Waals surface area contributed by atoms with Crippen LogP contribution in [-0.4, -0.2) is 20.6 Å². The van der Waals surface area contributed by atoms with Gasteiger partial charge in [0.15, 0.2) is 0 Å². The summed E-state index contributed by atoms with van der Waals surface area (Å²) in [6.07, 6.45) is 4.65. The Balaban J connectivity index is 2.29. The van der Waals surface area contributed by atoms with Crippen molar-refractivity contribution >= 4 is 17.0 Å². The predicted molar refractivity (Wildman–Crippen MR) is 80.0 cm³/mol. The van der Waals surface area contributed by atoms with E-state index in [4.69, 9.17) is 5.11 Å². The molecule has 0 atom stereocenters. The molecule has 0 bridgehead atoms. The van der Waals surface area contributed by atoms with Gasteiger partial charge in [-0.2, -0.15) is 0 Å². The first-order chi connectivity index (χ1) is 9.61. The molecule has 0 aliphatic rings. The maximum atomic E-state index is 11.0. The van der Waals surface area contributed by atoms with Gasteiger partial charge in [0.2, 0.25) is 0 Å². The second kappa shape index (κ2) is 6.55. The summed E-state index contributed by atoms with van der Waals surface area (Å²) in [6.45, 7) is 5.06. The highest BCUT2D eigenvalue weighted by atomic mass is 16.4. The summed E-state index contributed by atoms with van der Waals surface area (Å²) >= 11 is 0. The third-order valence-corrected chi connectivity index (χ3v) is 3.53. The minimum Gasteiger partial charge on any atom is -0.481 e. The monoisotopic (exact) mass is 274 g/mol. The molecule has 0 amide bonds. The molecule has 0 unspecified atom stereocenters. The van der Waals surface area contributed by atoms with E-state index in [1.807, 2.05) is 19.1 Å². The molecule has 0 spiro atoms. The van der Waals surface area contributed by atoms with Gasteiger partial charge in [0.25, 0.3) is 0 Å². The second-order valence-corrected chi connectivity index (χ2v) is 5.30. The fourth-order valence-electron chi connectivity index (χ4n) is 2.51. The van der Waals surface area contributed by atoms with Gasteiger partial charge >= 0.3 is 5.97 Å². The normalized spacial score (nSPS) is 11.1. The molecule has 2 aromatic rings. The van der Waals surface area contributed by atoms with E-state index in [0.717, 1.165) is 29.6 Å². The molecule has 4 nitrogen and oxygen atoms in total. The molecule has 0 fully saturated rings. The van der Waals surface area contributed by atoms with Crippen LogP contribution in [0.15, 0.2) is 18.2 Å². The first kappa shape index (κ1) is 14.6. The molecule has 108 valence electrons. The number of hydrogen-bond acceptors (Lipinski definition) is 2. The van der Waals surface area contributed by atoms with E-state index in [0.29, 0.717) is 5.82 Å². The van der Waals surface area contributed by atoms with Crippen molar-refractivity contribution in [2.45, 2.75) is 52.5 Å². The number of fused-ring (bicyclic) bond motifs is 1. The zero-order valence-corrected chi connectivity index (χ0v) is 12.2.